The number of carbonyl (C=O) groups excluding carboxylic acids is 2. The first-order chi connectivity index (χ1) is 16.3. The van der Waals surface area contributed by atoms with Crippen molar-refractivity contribution in [2.24, 2.45) is 0 Å². The fraction of sp³-hybridized carbons (Fsp3) is 0.600. The maximum absolute atomic E-state index is 13.1. The maximum Gasteiger partial charge on any atom is 0.330 e. The van der Waals surface area contributed by atoms with Crippen molar-refractivity contribution in [3.05, 3.63) is 42.5 Å². The molecule has 0 bridgehead atoms. The smallest absolute Gasteiger partial charge is 0.330 e. The van der Waals surface area contributed by atoms with Crippen LogP contribution in [0.1, 0.15) is 31.1 Å². The lowest BCUT2D eigenvalue weighted by Gasteiger charge is -2.39. The Labute approximate surface area is 206 Å². The number of Topliss-reactive ketones (excluding diaryl/α,β-unsaturated/α-hetero) is 1. The van der Waals surface area contributed by atoms with Crippen LogP contribution in [0.4, 0.5) is 0 Å². The number of hydrogen-bond acceptors (Lipinski definition) is 9. The third-order valence-electron chi connectivity index (χ3n) is 5.40. The molecule has 0 radical (unpaired) electrons. The number of benzene rings is 1. The van der Waals surface area contributed by atoms with Crippen LogP contribution in [-0.2, 0) is 28.5 Å². The van der Waals surface area contributed by atoms with Crippen LogP contribution in [0.25, 0.3) is 0 Å². The Morgan fingerprint density at radius 1 is 1.09 bits per heavy atom. The quantitative estimate of drug-likeness (QED) is 0.0857. The Kier molecular flexibility index (Phi) is 12.8. The van der Waals surface area contributed by atoms with Gasteiger partial charge in [0.25, 0.3) is 0 Å². The summed E-state index contributed by atoms with van der Waals surface area (Å²) in [6.45, 7) is 13.8. The van der Waals surface area contributed by atoms with Crippen LogP contribution in [0.5, 0.6) is 0 Å². The summed E-state index contributed by atoms with van der Waals surface area (Å²) in [5.74, 6) is 0.435. The lowest BCUT2D eigenvalue weighted by Crippen LogP contribution is -2.54. The average Bonchev–Trinajstić information content (AvgIpc) is 2.86. The van der Waals surface area contributed by atoms with E-state index in [1.54, 1.807) is 11.8 Å². The Hall–Kier alpha value is -1.75. The van der Waals surface area contributed by atoms with Crippen LogP contribution in [0.15, 0.2) is 41.8 Å². The summed E-state index contributed by atoms with van der Waals surface area (Å²) < 4.78 is 26.7. The van der Waals surface area contributed by atoms with E-state index in [9.17, 15) is 9.59 Å². The summed E-state index contributed by atoms with van der Waals surface area (Å²) in [6, 6.07) is 7.77. The number of hydrogen-bond donors (Lipinski definition) is 0. The number of carbonyl (C=O) groups is 2. The second-order valence-electron chi connectivity index (χ2n) is 8.15. The van der Waals surface area contributed by atoms with Gasteiger partial charge in [-0.3, -0.25) is 9.69 Å². The molecule has 1 saturated heterocycles. The van der Waals surface area contributed by atoms with Crippen LogP contribution in [0.3, 0.4) is 0 Å². The summed E-state index contributed by atoms with van der Waals surface area (Å²) in [4.78, 5) is 27.2. The van der Waals surface area contributed by atoms with E-state index in [1.165, 1.54) is 0 Å². The number of ether oxygens (including phenoxy) is 5. The molecule has 0 saturated carbocycles. The van der Waals surface area contributed by atoms with Gasteiger partial charge in [-0.25, -0.2) is 4.79 Å². The van der Waals surface area contributed by atoms with E-state index >= 15 is 0 Å². The van der Waals surface area contributed by atoms with Crippen molar-refractivity contribution in [3.8, 4) is 0 Å². The summed E-state index contributed by atoms with van der Waals surface area (Å²) in [7, 11) is 0. The van der Waals surface area contributed by atoms with E-state index in [2.05, 4.69) is 11.5 Å². The van der Waals surface area contributed by atoms with Gasteiger partial charge in [-0.1, -0.05) is 18.7 Å². The van der Waals surface area contributed by atoms with Gasteiger partial charge in [0.05, 0.1) is 45.2 Å². The molecule has 0 aromatic heterocycles. The highest BCUT2D eigenvalue weighted by atomic mass is 32.2. The molecule has 1 unspecified atom stereocenters. The standard InChI is InChI=1S/C25H37NO7S/c1-5-23(27)33-17-15-30-14-16-31-20(2)32-18-19-34-22-8-6-21(7-9-22)24(28)25(3,4)26-10-12-29-13-11-26/h5-9,20H,1,10-19H2,2-4H3. The van der Waals surface area contributed by atoms with Gasteiger partial charge < -0.3 is 23.7 Å². The first-order valence-electron chi connectivity index (χ1n) is 11.5. The lowest BCUT2D eigenvalue weighted by molar-refractivity contribution is -0.142. The van der Waals surface area contributed by atoms with Gasteiger partial charge in [-0.05, 0) is 32.9 Å². The monoisotopic (exact) mass is 495 g/mol. The lowest BCUT2D eigenvalue weighted by atomic mass is 9.91. The first kappa shape index (κ1) is 28.5. The van der Waals surface area contributed by atoms with E-state index in [-0.39, 0.29) is 18.7 Å². The number of thioether (sulfide) groups is 1. The first-order valence-corrected chi connectivity index (χ1v) is 12.5. The predicted octanol–water partition coefficient (Wildman–Crippen LogP) is 3.20. The molecule has 1 atom stereocenters. The zero-order valence-electron chi connectivity index (χ0n) is 20.5. The van der Waals surface area contributed by atoms with Crippen molar-refractivity contribution >= 4 is 23.5 Å². The van der Waals surface area contributed by atoms with Crippen molar-refractivity contribution in [2.75, 3.05) is 65.1 Å². The molecule has 1 aliphatic rings. The molecule has 0 amide bonds. The van der Waals surface area contributed by atoms with Gasteiger partial charge in [0, 0.05) is 35.4 Å². The van der Waals surface area contributed by atoms with Gasteiger partial charge in [-0.2, -0.15) is 0 Å². The molecule has 0 aliphatic carbocycles. The number of nitrogens with zero attached hydrogens (tertiary/aromatic N) is 1. The molecular formula is C25H37NO7S. The topological polar surface area (TPSA) is 83.5 Å². The molecule has 1 aromatic carbocycles. The summed E-state index contributed by atoms with van der Waals surface area (Å²) in [5, 5.41) is 0. The van der Waals surface area contributed by atoms with Crippen molar-refractivity contribution in [2.45, 2.75) is 37.5 Å². The van der Waals surface area contributed by atoms with Crippen LogP contribution in [0, 0.1) is 0 Å². The Morgan fingerprint density at radius 3 is 2.41 bits per heavy atom. The zero-order valence-corrected chi connectivity index (χ0v) is 21.3. The minimum Gasteiger partial charge on any atom is -0.460 e. The average molecular weight is 496 g/mol. The molecule has 0 spiro atoms. The molecule has 1 heterocycles. The highest BCUT2D eigenvalue weighted by Gasteiger charge is 2.35. The number of morpholine rings is 1. The van der Waals surface area contributed by atoms with Crippen molar-refractivity contribution in [1.29, 1.82) is 0 Å². The molecular weight excluding hydrogens is 458 g/mol. The van der Waals surface area contributed by atoms with Crippen LogP contribution < -0.4 is 0 Å². The van der Waals surface area contributed by atoms with Gasteiger partial charge in [0.2, 0.25) is 0 Å². The summed E-state index contributed by atoms with van der Waals surface area (Å²) in [6.07, 6.45) is 0.774. The van der Waals surface area contributed by atoms with Crippen molar-refractivity contribution in [1.82, 2.24) is 4.90 Å². The fourth-order valence-electron chi connectivity index (χ4n) is 3.38. The Bertz CT molecular complexity index is 763. The van der Waals surface area contributed by atoms with E-state index < -0.39 is 11.5 Å². The second kappa shape index (κ2) is 15.3. The van der Waals surface area contributed by atoms with E-state index in [1.807, 2.05) is 45.0 Å². The third-order valence-corrected chi connectivity index (χ3v) is 6.37. The molecule has 1 aromatic rings. The number of rotatable bonds is 16. The molecule has 9 heteroatoms. The second-order valence-corrected chi connectivity index (χ2v) is 9.32. The van der Waals surface area contributed by atoms with Gasteiger partial charge in [0.15, 0.2) is 12.1 Å². The van der Waals surface area contributed by atoms with Crippen LogP contribution in [-0.4, -0.2) is 93.6 Å². The largest absolute Gasteiger partial charge is 0.460 e. The molecule has 1 aliphatic heterocycles. The highest BCUT2D eigenvalue weighted by molar-refractivity contribution is 7.99. The number of ketones is 1. The molecule has 8 nitrogen and oxygen atoms in total. The third kappa shape index (κ3) is 9.85. The minimum absolute atomic E-state index is 0.127. The van der Waals surface area contributed by atoms with E-state index in [0.717, 1.165) is 35.4 Å². The van der Waals surface area contributed by atoms with E-state index in [0.29, 0.717) is 39.6 Å². The Balaban J connectivity index is 1.59. The summed E-state index contributed by atoms with van der Waals surface area (Å²) >= 11 is 1.67. The van der Waals surface area contributed by atoms with Crippen molar-refractivity contribution in [3.63, 3.8) is 0 Å². The normalized spacial score (nSPS) is 15.6. The van der Waals surface area contributed by atoms with Crippen LogP contribution in [0.2, 0.25) is 0 Å². The Morgan fingerprint density at radius 2 is 1.74 bits per heavy atom. The molecule has 0 N–H and O–H groups in total. The zero-order chi connectivity index (χ0) is 24.8. The minimum atomic E-state index is -0.550. The van der Waals surface area contributed by atoms with E-state index in [4.69, 9.17) is 23.7 Å². The molecule has 2 rings (SSSR count). The molecule has 1 fully saturated rings. The predicted molar refractivity (Wildman–Crippen MR) is 131 cm³/mol. The summed E-state index contributed by atoms with van der Waals surface area (Å²) in [5.41, 5.74) is 0.173. The van der Waals surface area contributed by atoms with Crippen molar-refractivity contribution < 1.29 is 33.3 Å². The molecule has 190 valence electrons. The molecule has 34 heavy (non-hydrogen) atoms. The number of esters is 1. The highest BCUT2D eigenvalue weighted by Crippen LogP contribution is 2.24. The van der Waals surface area contributed by atoms with Crippen LogP contribution >= 0.6 is 11.8 Å². The fourth-order valence-corrected chi connectivity index (χ4v) is 4.12. The van der Waals surface area contributed by atoms with Gasteiger partial charge in [0.1, 0.15) is 6.61 Å². The van der Waals surface area contributed by atoms with Gasteiger partial charge in [-0.15, -0.1) is 11.8 Å². The van der Waals surface area contributed by atoms with Gasteiger partial charge >= 0.3 is 5.97 Å². The SMILES string of the molecule is C=CC(=O)OCCOCCOC(C)OCCSc1ccc(C(=O)C(C)(C)N2CCOCC2)cc1. The maximum atomic E-state index is 13.1.